The molecule has 1 aromatic carbocycles. The molecule has 0 fully saturated rings. The second-order valence-corrected chi connectivity index (χ2v) is 4.61. The molecule has 1 heterocycles. The van der Waals surface area contributed by atoms with Crippen molar-refractivity contribution in [2.75, 3.05) is 13.2 Å². The summed E-state index contributed by atoms with van der Waals surface area (Å²) in [4.78, 5) is 34.0. The van der Waals surface area contributed by atoms with Crippen molar-refractivity contribution in [3.63, 3.8) is 0 Å². The van der Waals surface area contributed by atoms with Crippen LogP contribution >= 0.6 is 0 Å². The summed E-state index contributed by atoms with van der Waals surface area (Å²) in [5.41, 5.74) is 5.03. The predicted molar refractivity (Wildman–Crippen MR) is 74.7 cm³/mol. The molecule has 0 spiro atoms. The Bertz CT molecular complexity index is 601. The zero-order chi connectivity index (χ0) is 16.1. The number of carbonyl (C=O) groups is 3. The molecule has 0 aliphatic carbocycles. The Hall–Kier alpha value is -2.77. The molecule has 22 heavy (non-hydrogen) atoms. The number of esters is 1. The van der Waals surface area contributed by atoms with E-state index in [0.717, 1.165) is 6.42 Å². The Kier molecular flexibility index (Phi) is 4.82. The van der Waals surface area contributed by atoms with Gasteiger partial charge in [-0.05, 0) is 25.1 Å². The fourth-order valence-corrected chi connectivity index (χ4v) is 1.80. The SMILES string of the molecule is CC(OC(=O)c1ccc2c(c1)OCCCO2)C(=O)NC(N)=O. The fourth-order valence-electron chi connectivity index (χ4n) is 1.80. The number of carbonyl (C=O) groups excluding carboxylic acids is 3. The van der Waals surface area contributed by atoms with Crippen LogP contribution in [0, 0.1) is 0 Å². The standard InChI is InChI=1S/C14H16N2O6/c1-8(12(17)16-14(15)19)22-13(18)9-3-4-10-11(7-9)21-6-2-5-20-10/h3-4,7-8H,2,5-6H2,1H3,(H3,15,16,17,19). The summed E-state index contributed by atoms with van der Waals surface area (Å²) in [6.45, 7) is 2.36. The van der Waals surface area contributed by atoms with Crippen molar-refractivity contribution in [2.45, 2.75) is 19.4 Å². The van der Waals surface area contributed by atoms with Crippen LogP contribution in [-0.4, -0.2) is 37.2 Å². The van der Waals surface area contributed by atoms with Gasteiger partial charge in [0.2, 0.25) is 0 Å². The number of fused-ring (bicyclic) bond motifs is 1. The second kappa shape index (κ2) is 6.79. The number of urea groups is 1. The van der Waals surface area contributed by atoms with Gasteiger partial charge in [-0.1, -0.05) is 0 Å². The van der Waals surface area contributed by atoms with Crippen LogP contribution in [0.2, 0.25) is 0 Å². The van der Waals surface area contributed by atoms with Gasteiger partial charge in [0, 0.05) is 6.42 Å². The quantitative estimate of drug-likeness (QED) is 0.789. The summed E-state index contributed by atoms with van der Waals surface area (Å²) in [5, 5.41) is 1.84. The van der Waals surface area contributed by atoms with Gasteiger partial charge in [-0.3, -0.25) is 10.1 Å². The van der Waals surface area contributed by atoms with E-state index in [1.54, 1.807) is 6.07 Å². The topological polar surface area (TPSA) is 117 Å². The van der Waals surface area contributed by atoms with Gasteiger partial charge in [0.1, 0.15) is 0 Å². The molecule has 2 rings (SSSR count). The number of hydrogen-bond donors (Lipinski definition) is 2. The van der Waals surface area contributed by atoms with Gasteiger partial charge in [-0.25, -0.2) is 9.59 Å². The molecule has 0 saturated heterocycles. The van der Waals surface area contributed by atoms with Crippen molar-refractivity contribution in [1.29, 1.82) is 0 Å². The van der Waals surface area contributed by atoms with Crippen LogP contribution in [0.25, 0.3) is 0 Å². The number of benzene rings is 1. The smallest absolute Gasteiger partial charge is 0.339 e. The van der Waals surface area contributed by atoms with E-state index in [9.17, 15) is 14.4 Å². The maximum Gasteiger partial charge on any atom is 0.339 e. The summed E-state index contributed by atoms with van der Waals surface area (Å²) < 4.78 is 15.9. The van der Waals surface area contributed by atoms with Crippen LogP contribution in [0.1, 0.15) is 23.7 Å². The second-order valence-electron chi connectivity index (χ2n) is 4.61. The highest BCUT2D eigenvalue weighted by Crippen LogP contribution is 2.30. The van der Waals surface area contributed by atoms with E-state index < -0.39 is 24.0 Å². The number of ether oxygens (including phenoxy) is 3. The van der Waals surface area contributed by atoms with Crippen molar-refractivity contribution in [2.24, 2.45) is 5.73 Å². The minimum atomic E-state index is -1.16. The molecule has 3 amide bonds. The molecular weight excluding hydrogens is 292 g/mol. The maximum atomic E-state index is 12.0. The van der Waals surface area contributed by atoms with Crippen molar-refractivity contribution >= 4 is 17.9 Å². The third-order valence-corrected chi connectivity index (χ3v) is 2.88. The molecule has 1 aliphatic heterocycles. The molecule has 1 atom stereocenters. The fraction of sp³-hybridized carbons (Fsp3) is 0.357. The number of hydrogen-bond acceptors (Lipinski definition) is 6. The highest BCUT2D eigenvalue weighted by molar-refractivity contribution is 5.98. The van der Waals surface area contributed by atoms with E-state index in [-0.39, 0.29) is 5.56 Å². The number of amides is 3. The van der Waals surface area contributed by atoms with Crippen LogP contribution < -0.4 is 20.5 Å². The van der Waals surface area contributed by atoms with Crippen LogP contribution in [0.5, 0.6) is 11.5 Å². The predicted octanol–water partition coefficient (Wildman–Crippen LogP) is 0.588. The molecule has 0 saturated carbocycles. The first-order chi connectivity index (χ1) is 10.5. The van der Waals surface area contributed by atoms with Crippen LogP contribution in [0.4, 0.5) is 4.79 Å². The minimum Gasteiger partial charge on any atom is -0.490 e. The monoisotopic (exact) mass is 308 g/mol. The lowest BCUT2D eigenvalue weighted by molar-refractivity contribution is -0.127. The van der Waals surface area contributed by atoms with Gasteiger partial charge in [-0.15, -0.1) is 0 Å². The maximum absolute atomic E-state index is 12.0. The molecular formula is C14H16N2O6. The van der Waals surface area contributed by atoms with Crippen molar-refractivity contribution in [3.8, 4) is 11.5 Å². The van der Waals surface area contributed by atoms with Gasteiger partial charge in [-0.2, -0.15) is 0 Å². The van der Waals surface area contributed by atoms with E-state index in [1.165, 1.54) is 19.1 Å². The Morgan fingerprint density at radius 2 is 1.91 bits per heavy atom. The lowest BCUT2D eigenvalue weighted by atomic mass is 10.2. The summed E-state index contributed by atoms with van der Waals surface area (Å²) in [6.07, 6.45) is -0.408. The first-order valence-corrected chi connectivity index (χ1v) is 6.68. The normalized spacial score (nSPS) is 14.4. The van der Waals surface area contributed by atoms with E-state index in [1.807, 2.05) is 5.32 Å². The summed E-state index contributed by atoms with van der Waals surface area (Å²) >= 11 is 0. The molecule has 0 bridgehead atoms. The van der Waals surface area contributed by atoms with Gasteiger partial charge in [0.15, 0.2) is 17.6 Å². The Morgan fingerprint density at radius 3 is 2.59 bits per heavy atom. The first kappa shape index (κ1) is 15.6. The van der Waals surface area contributed by atoms with E-state index in [0.29, 0.717) is 24.7 Å². The molecule has 8 nitrogen and oxygen atoms in total. The largest absolute Gasteiger partial charge is 0.490 e. The van der Waals surface area contributed by atoms with Crippen molar-refractivity contribution < 1.29 is 28.6 Å². The summed E-state index contributed by atoms with van der Waals surface area (Å²) in [7, 11) is 0. The number of primary amides is 1. The van der Waals surface area contributed by atoms with E-state index in [2.05, 4.69) is 0 Å². The Balaban J connectivity index is 2.05. The highest BCUT2D eigenvalue weighted by atomic mass is 16.5. The number of nitrogens with two attached hydrogens (primary N) is 1. The zero-order valence-corrected chi connectivity index (χ0v) is 12.0. The Morgan fingerprint density at radius 1 is 1.23 bits per heavy atom. The van der Waals surface area contributed by atoms with Crippen molar-refractivity contribution in [1.82, 2.24) is 5.32 Å². The lowest BCUT2D eigenvalue weighted by Gasteiger charge is -2.13. The average molecular weight is 308 g/mol. The van der Waals surface area contributed by atoms with Crippen molar-refractivity contribution in [3.05, 3.63) is 23.8 Å². The summed E-state index contributed by atoms with van der Waals surface area (Å²) in [6, 6.07) is 3.59. The van der Waals surface area contributed by atoms with Gasteiger partial charge in [0.25, 0.3) is 5.91 Å². The molecule has 1 aliphatic rings. The van der Waals surface area contributed by atoms with Gasteiger partial charge >= 0.3 is 12.0 Å². The number of nitrogens with one attached hydrogen (secondary N) is 1. The first-order valence-electron chi connectivity index (χ1n) is 6.68. The molecule has 1 unspecified atom stereocenters. The molecule has 3 N–H and O–H groups in total. The van der Waals surface area contributed by atoms with Crippen LogP contribution in [-0.2, 0) is 9.53 Å². The third kappa shape index (κ3) is 3.87. The number of rotatable bonds is 3. The van der Waals surface area contributed by atoms with Crippen LogP contribution in [0.15, 0.2) is 18.2 Å². The average Bonchev–Trinajstić information content (AvgIpc) is 2.70. The minimum absolute atomic E-state index is 0.211. The Labute approximate surface area is 126 Å². The highest BCUT2D eigenvalue weighted by Gasteiger charge is 2.21. The molecule has 118 valence electrons. The third-order valence-electron chi connectivity index (χ3n) is 2.88. The lowest BCUT2D eigenvalue weighted by Crippen LogP contribution is -2.42. The van der Waals surface area contributed by atoms with Gasteiger partial charge in [0.05, 0.1) is 18.8 Å². The van der Waals surface area contributed by atoms with E-state index in [4.69, 9.17) is 19.9 Å². The molecule has 1 aromatic rings. The number of imide groups is 1. The van der Waals surface area contributed by atoms with E-state index >= 15 is 0 Å². The van der Waals surface area contributed by atoms with Gasteiger partial charge < -0.3 is 19.9 Å². The summed E-state index contributed by atoms with van der Waals surface area (Å²) in [5.74, 6) is -0.521. The van der Waals surface area contributed by atoms with Crippen LogP contribution in [0.3, 0.4) is 0 Å². The molecule has 0 radical (unpaired) electrons. The molecule has 8 heteroatoms. The molecule has 0 aromatic heterocycles. The zero-order valence-electron chi connectivity index (χ0n) is 12.0.